The molecule has 0 aliphatic carbocycles. The predicted molar refractivity (Wildman–Crippen MR) is 109 cm³/mol. The number of rotatable bonds is 4. The van der Waals surface area contributed by atoms with Crippen molar-refractivity contribution in [2.24, 2.45) is 0 Å². The molecule has 134 valence electrons. The number of phenols is 1. The maximum Gasteiger partial charge on any atom is 0.147 e. The van der Waals surface area contributed by atoms with Crippen LogP contribution in [-0.4, -0.2) is 15.1 Å². The highest BCUT2D eigenvalue weighted by molar-refractivity contribution is 6.35. The molecule has 0 saturated carbocycles. The molecule has 2 aromatic heterocycles. The van der Waals surface area contributed by atoms with Gasteiger partial charge in [0.05, 0.1) is 11.1 Å². The molecule has 0 spiro atoms. The van der Waals surface area contributed by atoms with Crippen LogP contribution in [0.3, 0.4) is 0 Å². The smallest absolute Gasteiger partial charge is 0.147 e. The summed E-state index contributed by atoms with van der Waals surface area (Å²) in [6.45, 7) is 2.04. The lowest BCUT2D eigenvalue weighted by molar-refractivity contribution is 0.471. The molecule has 0 bridgehead atoms. The third-order valence-corrected chi connectivity index (χ3v) is 4.93. The van der Waals surface area contributed by atoms with Gasteiger partial charge in [-0.3, -0.25) is 4.98 Å². The zero-order chi connectivity index (χ0) is 18.8. The van der Waals surface area contributed by atoms with Gasteiger partial charge in [-0.2, -0.15) is 0 Å². The Morgan fingerprint density at radius 1 is 0.926 bits per heavy atom. The largest absolute Gasteiger partial charge is 0.505 e. The van der Waals surface area contributed by atoms with Crippen LogP contribution in [0.4, 0.5) is 5.82 Å². The number of hydrogen-bond donors (Lipinski definition) is 2. The fourth-order valence-electron chi connectivity index (χ4n) is 3.26. The van der Waals surface area contributed by atoms with E-state index in [9.17, 15) is 5.11 Å². The summed E-state index contributed by atoms with van der Waals surface area (Å²) in [4.78, 5) is 8.70. The number of halogens is 1. The molecule has 0 aliphatic rings. The predicted octanol–water partition coefficient (Wildman–Crippen LogP) is 5.50. The first kappa shape index (κ1) is 17.3. The van der Waals surface area contributed by atoms with Crippen LogP contribution in [-0.2, 0) is 0 Å². The van der Waals surface area contributed by atoms with Gasteiger partial charge in [-0.05, 0) is 48.4 Å². The average molecular weight is 376 g/mol. The molecule has 4 rings (SSSR count). The Morgan fingerprint density at radius 3 is 2.48 bits per heavy atom. The standard InChI is InChI=1S/C22H18ClN3O/c1-14-7-2-3-8-15(14)20(26-19-10-4-5-11-24-19)17-13-18(23)16-9-6-12-25-21(16)22(17)27/h2-13,20,27H,1H3,(H,24,26)/t20-/m1/s1. The zero-order valence-corrected chi connectivity index (χ0v) is 15.5. The molecule has 0 radical (unpaired) electrons. The van der Waals surface area contributed by atoms with Crippen molar-refractivity contribution >= 4 is 28.3 Å². The number of fused-ring (bicyclic) bond motifs is 1. The summed E-state index contributed by atoms with van der Waals surface area (Å²) in [7, 11) is 0. The van der Waals surface area contributed by atoms with Crippen molar-refractivity contribution in [3.8, 4) is 5.75 Å². The summed E-state index contributed by atoms with van der Waals surface area (Å²) in [6.07, 6.45) is 3.38. The number of nitrogens with one attached hydrogen (secondary N) is 1. The van der Waals surface area contributed by atoms with Gasteiger partial charge in [0.2, 0.25) is 0 Å². The molecular formula is C22H18ClN3O. The van der Waals surface area contributed by atoms with Crippen LogP contribution in [0.5, 0.6) is 5.75 Å². The van der Waals surface area contributed by atoms with E-state index in [1.54, 1.807) is 24.5 Å². The number of hydrogen-bond acceptors (Lipinski definition) is 4. The molecule has 5 heteroatoms. The Bertz CT molecular complexity index is 1100. The van der Waals surface area contributed by atoms with E-state index >= 15 is 0 Å². The van der Waals surface area contributed by atoms with E-state index in [1.807, 2.05) is 55.5 Å². The lowest BCUT2D eigenvalue weighted by Crippen LogP contribution is -2.15. The number of pyridine rings is 2. The highest BCUT2D eigenvalue weighted by Crippen LogP contribution is 2.40. The number of aromatic hydroxyl groups is 1. The van der Waals surface area contributed by atoms with Gasteiger partial charge in [0.25, 0.3) is 0 Å². The van der Waals surface area contributed by atoms with Crippen LogP contribution in [0.15, 0.2) is 73.1 Å². The minimum atomic E-state index is -0.329. The fourth-order valence-corrected chi connectivity index (χ4v) is 3.53. The molecule has 4 aromatic rings. The Kier molecular flexibility index (Phi) is 4.65. The van der Waals surface area contributed by atoms with Crippen molar-refractivity contribution in [1.82, 2.24) is 9.97 Å². The average Bonchev–Trinajstić information content (AvgIpc) is 2.71. The molecule has 0 unspecified atom stereocenters. The van der Waals surface area contributed by atoms with Gasteiger partial charge < -0.3 is 10.4 Å². The minimum Gasteiger partial charge on any atom is -0.505 e. The number of aromatic nitrogens is 2. The quantitative estimate of drug-likeness (QED) is 0.494. The number of benzene rings is 2. The maximum absolute atomic E-state index is 11.0. The lowest BCUT2D eigenvalue weighted by Gasteiger charge is -2.24. The molecule has 2 heterocycles. The van der Waals surface area contributed by atoms with Crippen LogP contribution in [0.1, 0.15) is 22.7 Å². The summed E-state index contributed by atoms with van der Waals surface area (Å²) in [6, 6.07) is 18.8. The Labute approximate surface area is 162 Å². The third-order valence-electron chi connectivity index (χ3n) is 4.61. The van der Waals surface area contributed by atoms with Gasteiger partial charge in [0.15, 0.2) is 0 Å². The molecule has 2 N–H and O–H groups in total. The first-order chi connectivity index (χ1) is 13.1. The van der Waals surface area contributed by atoms with Gasteiger partial charge in [-0.1, -0.05) is 41.9 Å². The second kappa shape index (κ2) is 7.25. The highest BCUT2D eigenvalue weighted by Gasteiger charge is 2.23. The molecule has 0 aliphatic heterocycles. The van der Waals surface area contributed by atoms with Crippen molar-refractivity contribution in [2.75, 3.05) is 5.32 Å². The summed E-state index contributed by atoms with van der Waals surface area (Å²) in [5.74, 6) is 0.828. The van der Waals surface area contributed by atoms with Crippen molar-refractivity contribution in [1.29, 1.82) is 0 Å². The SMILES string of the molecule is Cc1ccccc1[C@@H](Nc1ccccn1)c1cc(Cl)c2cccnc2c1O. The second-order valence-corrected chi connectivity index (χ2v) is 6.75. The van der Waals surface area contributed by atoms with Gasteiger partial charge in [0.1, 0.15) is 17.1 Å². The normalized spacial score (nSPS) is 12.1. The first-order valence-electron chi connectivity index (χ1n) is 8.64. The molecule has 0 fully saturated rings. The molecule has 0 saturated heterocycles. The summed E-state index contributed by atoms with van der Waals surface area (Å²) >= 11 is 6.51. The molecule has 27 heavy (non-hydrogen) atoms. The molecule has 2 aromatic carbocycles. The highest BCUT2D eigenvalue weighted by atomic mass is 35.5. The summed E-state index contributed by atoms with van der Waals surface area (Å²) in [5, 5.41) is 15.7. The number of phenolic OH excluding ortho intramolecular Hbond substituents is 1. The van der Waals surface area contributed by atoms with Crippen LogP contribution < -0.4 is 5.32 Å². The zero-order valence-electron chi connectivity index (χ0n) is 14.7. The van der Waals surface area contributed by atoms with E-state index in [0.29, 0.717) is 21.9 Å². The van der Waals surface area contributed by atoms with Crippen LogP contribution in [0.2, 0.25) is 5.02 Å². The third kappa shape index (κ3) is 3.32. The fraction of sp³-hybridized carbons (Fsp3) is 0.0909. The van der Waals surface area contributed by atoms with E-state index in [0.717, 1.165) is 16.5 Å². The second-order valence-electron chi connectivity index (χ2n) is 6.34. The van der Waals surface area contributed by atoms with Crippen molar-refractivity contribution in [3.05, 3.63) is 94.8 Å². The Hall–Kier alpha value is -3.11. The lowest BCUT2D eigenvalue weighted by atomic mass is 9.93. The Balaban J connectivity index is 1.92. The van der Waals surface area contributed by atoms with E-state index < -0.39 is 0 Å². The molecular weight excluding hydrogens is 358 g/mol. The summed E-state index contributed by atoms with van der Waals surface area (Å²) in [5.41, 5.74) is 3.28. The number of aryl methyl sites for hydroxylation is 1. The van der Waals surface area contributed by atoms with Crippen molar-refractivity contribution in [3.63, 3.8) is 0 Å². The van der Waals surface area contributed by atoms with Gasteiger partial charge in [0, 0.05) is 23.3 Å². The topological polar surface area (TPSA) is 58.0 Å². The van der Waals surface area contributed by atoms with Gasteiger partial charge in [-0.25, -0.2) is 4.98 Å². The number of anilines is 1. The Morgan fingerprint density at radius 2 is 1.70 bits per heavy atom. The van der Waals surface area contributed by atoms with E-state index in [-0.39, 0.29) is 11.8 Å². The molecule has 1 atom stereocenters. The van der Waals surface area contributed by atoms with Gasteiger partial charge >= 0.3 is 0 Å². The maximum atomic E-state index is 11.0. The van der Waals surface area contributed by atoms with Crippen LogP contribution >= 0.6 is 11.6 Å². The van der Waals surface area contributed by atoms with Crippen LogP contribution in [0, 0.1) is 6.92 Å². The van der Waals surface area contributed by atoms with Crippen molar-refractivity contribution < 1.29 is 5.11 Å². The monoisotopic (exact) mass is 375 g/mol. The number of nitrogens with zero attached hydrogens (tertiary/aromatic N) is 2. The molecule has 0 amide bonds. The minimum absolute atomic E-state index is 0.117. The first-order valence-corrected chi connectivity index (χ1v) is 9.02. The van der Waals surface area contributed by atoms with E-state index in [2.05, 4.69) is 15.3 Å². The van der Waals surface area contributed by atoms with Gasteiger partial charge in [-0.15, -0.1) is 0 Å². The summed E-state index contributed by atoms with van der Waals surface area (Å²) < 4.78 is 0. The van der Waals surface area contributed by atoms with Crippen LogP contribution in [0.25, 0.3) is 10.9 Å². The van der Waals surface area contributed by atoms with E-state index in [4.69, 9.17) is 11.6 Å². The van der Waals surface area contributed by atoms with Crippen molar-refractivity contribution in [2.45, 2.75) is 13.0 Å². The molecule has 4 nitrogen and oxygen atoms in total. The van der Waals surface area contributed by atoms with E-state index in [1.165, 1.54) is 0 Å².